The molecule has 0 radical (unpaired) electrons. The second-order valence-corrected chi connectivity index (χ2v) is 8.31. The standard InChI is InChI=1S/C25H27F3/c1-3-5-7-17-14-20-19-13-12-18(16-10-8-15(6-4-2)9-11-16)24(27)21(19)22(20)25(28)23(17)26/h3,12-16H,1,4-11H2,2H3. The molecule has 0 bridgehead atoms. The van der Waals surface area contributed by atoms with Gasteiger partial charge in [-0.1, -0.05) is 38.0 Å². The molecule has 0 saturated heterocycles. The molecule has 4 rings (SSSR count). The molecule has 1 fully saturated rings. The van der Waals surface area contributed by atoms with Crippen molar-refractivity contribution in [2.75, 3.05) is 0 Å². The normalized spacial score (nSPS) is 20.3. The number of aryl methyl sites for hydroxylation is 1. The third kappa shape index (κ3) is 3.09. The van der Waals surface area contributed by atoms with E-state index in [1.807, 2.05) is 12.1 Å². The van der Waals surface area contributed by atoms with Crippen LogP contribution in [0.3, 0.4) is 0 Å². The van der Waals surface area contributed by atoms with Gasteiger partial charge in [0.05, 0.1) is 0 Å². The summed E-state index contributed by atoms with van der Waals surface area (Å²) in [6.07, 6.45) is 9.31. The van der Waals surface area contributed by atoms with Crippen LogP contribution >= 0.6 is 0 Å². The molecule has 0 heterocycles. The van der Waals surface area contributed by atoms with Crippen molar-refractivity contribution < 1.29 is 13.2 Å². The Labute approximate surface area is 165 Å². The quantitative estimate of drug-likeness (QED) is 0.378. The van der Waals surface area contributed by atoms with Gasteiger partial charge in [-0.2, -0.15) is 0 Å². The Morgan fingerprint density at radius 2 is 1.68 bits per heavy atom. The fraction of sp³-hybridized carbons (Fsp3) is 0.440. The van der Waals surface area contributed by atoms with Crippen LogP contribution in [0.15, 0.2) is 30.9 Å². The fourth-order valence-corrected chi connectivity index (χ4v) is 5.06. The van der Waals surface area contributed by atoms with E-state index in [0.29, 0.717) is 35.1 Å². The van der Waals surface area contributed by atoms with Crippen molar-refractivity contribution in [2.24, 2.45) is 5.92 Å². The highest BCUT2D eigenvalue weighted by Crippen LogP contribution is 2.53. The van der Waals surface area contributed by atoms with Gasteiger partial charge < -0.3 is 0 Å². The molecular weight excluding hydrogens is 357 g/mol. The number of allylic oxidation sites excluding steroid dienone is 1. The maximum absolute atomic E-state index is 15.3. The molecular formula is C25H27F3. The van der Waals surface area contributed by atoms with E-state index in [0.717, 1.165) is 31.6 Å². The monoisotopic (exact) mass is 384 g/mol. The molecule has 0 N–H and O–H groups in total. The molecule has 2 aromatic carbocycles. The van der Waals surface area contributed by atoms with Gasteiger partial charge in [0, 0.05) is 11.1 Å². The van der Waals surface area contributed by atoms with Crippen molar-refractivity contribution in [1.82, 2.24) is 0 Å². The number of hydrogen-bond acceptors (Lipinski definition) is 0. The van der Waals surface area contributed by atoms with Gasteiger partial charge in [0.25, 0.3) is 0 Å². The SMILES string of the molecule is C=CCCc1cc2c(c(F)c1F)-c1c-2ccc(C2CCC(CCC)CC2)c1F. The summed E-state index contributed by atoms with van der Waals surface area (Å²) >= 11 is 0. The van der Waals surface area contributed by atoms with E-state index in [9.17, 15) is 8.78 Å². The van der Waals surface area contributed by atoms with Gasteiger partial charge in [0.15, 0.2) is 11.6 Å². The first-order valence-corrected chi connectivity index (χ1v) is 10.5. The Morgan fingerprint density at radius 3 is 2.36 bits per heavy atom. The largest absolute Gasteiger partial charge is 0.206 e. The van der Waals surface area contributed by atoms with E-state index in [4.69, 9.17) is 0 Å². The maximum atomic E-state index is 15.3. The Balaban J connectivity index is 1.64. The van der Waals surface area contributed by atoms with E-state index in [1.165, 1.54) is 12.8 Å². The van der Waals surface area contributed by atoms with Crippen LogP contribution in [0.4, 0.5) is 13.2 Å². The van der Waals surface area contributed by atoms with E-state index >= 15 is 4.39 Å². The molecule has 0 spiro atoms. The Morgan fingerprint density at radius 1 is 0.964 bits per heavy atom. The topological polar surface area (TPSA) is 0 Å². The molecule has 0 aromatic heterocycles. The summed E-state index contributed by atoms with van der Waals surface area (Å²) < 4.78 is 44.5. The van der Waals surface area contributed by atoms with E-state index in [-0.39, 0.29) is 22.9 Å². The average Bonchev–Trinajstić information content (AvgIpc) is 2.69. The molecule has 1 saturated carbocycles. The molecule has 2 aliphatic rings. The van der Waals surface area contributed by atoms with Crippen LogP contribution in [0, 0.1) is 23.4 Å². The summed E-state index contributed by atoms with van der Waals surface area (Å²) in [7, 11) is 0. The van der Waals surface area contributed by atoms with Crippen molar-refractivity contribution in [3.63, 3.8) is 0 Å². The molecule has 3 heteroatoms. The van der Waals surface area contributed by atoms with Crippen LogP contribution in [-0.2, 0) is 6.42 Å². The van der Waals surface area contributed by atoms with Crippen molar-refractivity contribution in [1.29, 1.82) is 0 Å². The number of benzene rings is 2. The summed E-state index contributed by atoms with van der Waals surface area (Å²) in [5, 5.41) is 0. The molecule has 148 valence electrons. The van der Waals surface area contributed by atoms with E-state index in [2.05, 4.69) is 13.5 Å². The summed E-state index contributed by atoms with van der Waals surface area (Å²) in [5.41, 5.74) is 2.74. The first kappa shape index (κ1) is 19.3. The highest BCUT2D eigenvalue weighted by atomic mass is 19.2. The first-order valence-electron chi connectivity index (χ1n) is 10.5. The molecule has 0 atom stereocenters. The van der Waals surface area contributed by atoms with Crippen LogP contribution in [0.5, 0.6) is 0 Å². The van der Waals surface area contributed by atoms with Crippen LogP contribution < -0.4 is 0 Å². The second-order valence-electron chi connectivity index (χ2n) is 8.31. The minimum absolute atomic E-state index is 0.119. The van der Waals surface area contributed by atoms with Gasteiger partial charge >= 0.3 is 0 Å². The minimum Gasteiger partial charge on any atom is -0.206 e. The Kier molecular flexibility index (Phi) is 5.35. The number of fused-ring (bicyclic) bond motifs is 4. The number of hydrogen-bond donors (Lipinski definition) is 0. The molecule has 0 aliphatic heterocycles. The predicted octanol–water partition coefficient (Wildman–Crippen LogP) is 7.94. The lowest BCUT2D eigenvalue weighted by molar-refractivity contribution is 0.304. The van der Waals surface area contributed by atoms with Gasteiger partial charge in [-0.25, -0.2) is 13.2 Å². The smallest absolute Gasteiger partial charge is 0.167 e. The maximum Gasteiger partial charge on any atom is 0.167 e. The Bertz CT molecular complexity index is 905. The lowest BCUT2D eigenvalue weighted by Crippen LogP contribution is -2.16. The molecule has 0 amide bonds. The van der Waals surface area contributed by atoms with Gasteiger partial charge in [-0.3, -0.25) is 0 Å². The Hall–Kier alpha value is -2.03. The van der Waals surface area contributed by atoms with Crippen LogP contribution in [-0.4, -0.2) is 0 Å². The van der Waals surface area contributed by atoms with Crippen LogP contribution in [0.25, 0.3) is 22.3 Å². The first-order chi connectivity index (χ1) is 13.6. The molecule has 28 heavy (non-hydrogen) atoms. The van der Waals surface area contributed by atoms with Gasteiger partial charge in [-0.05, 0) is 78.7 Å². The fourth-order valence-electron chi connectivity index (χ4n) is 5.06. The minimum atomic E-state index is -0.910. The van der Waals surface area contributed by atoms with Crippen LogP contribution in [0.2, 0.25) is 0 Å². The second kappa shape index (κ2) is 7.77. The lowest BCUT2D eigenvalue weighted by Gasteiger charge is -2.32. The summed E-state index contributed by atoms with van der Waals surface area (Å²) in [4.78, 5) is 0. The van der Waals surface area contributed by atoms with E-state index < -0.39 is 11.6 Å². The van der Waals surface area contributed by atoms with Gasteiger partial charge in [0.2, 0.25) is 0 Å². The highest BCUT2D eigenvalue weighted by molar-refractivity contribution is 6.03. The molecule has 0 nitrogen and oxygen atoms in total. The summed E-state index contributed by atoms with van der Waals surface area (Å²) in [6, 6.07) is 5.43. The molecule has 2 aromatic rings. The van der Waals surface area contributed by atoms with Gasteiger partial charge in [0.1, 0.15) is 5.82 Å². The van der Waals surface area contributed by atoms with Crippen molar-refractivity contribution in [3.8, 4) is 22.3 Å². The summed E-state index contributed by atoms with van der Waals surface area (Å²) in [5.74, 6) is -1.18. The zero-order valence-electron chi connectivity index (χ0n) is 16.5. The average molecular weight is 384 g/mol. The lowest BCUT2D eigenvalue weighted by atomic mass is 9.73. The van der Waals surface area contributed by atoms with Crippen molar-refractivity contribution >= 4 is 0 Å². The number of halogens is 3. The molecule has 0 unspecified atom stereocenters. The van der Waals surface area contributed by atoms with Crippen molar-refractivity contribution in [3.05, 3.63) is 59.4 Å². The van der Waals surface area contributed by atoms with Gasteiger partial charge in [-0.15, -0.1) is 6.58 Å². The molecule has 2 aliphatic carbocycles. The van der Waals surface area contributed by atoms with Crippen molar-refractivity contribution in [2.45, 2.75) is 64.2 Å². The highest BCUT2D eigenvalue weighted by Gasteiger charge is 2.35. The van der Waals surface area contributed by atoms with E-state index in [1.54, 1.807) is 12.1 Å². The zero-order valence-corrected chi connectivity index (χ0v) is 16.5. The zero-order chi connectivity index (χ0) is 19.8. The third-order valence-electron chi connectivity index (χ3n) is 6.60. The predicted molar refractivity (Wildman–Crippen MR) is 109 cm³/mol. The third-order valence-corrected chi connectivity index (χ3v) is 6.60. The number of rotatable bonds is 6. The summed E-state index contributed by atoms with van der Waals surface area (Å²) in [6.45, 7) is 5.84. The van der Waals surface area contributed by atoms with Crippen LogP contribution in [0.1, 0.15) is 68.9 Å².